The molecule has 2 amide bonds. The van der Waals surface area contributed by atoms with Gasteiger partial charge in [-0.3, -0.25) is 9.59 Å². The van der Waals surface area contributed by atoms with Crippen LogP contribution in [-0.2, 0) is 9.59 Å². The van der Waals surface area contributed by atoms with E-state index in [-0.39, 0.29) is 11.8 Å². The van der Waals surface area contributed by atoms with E-state index in [0.29, 0.717) is 0 Å². The van der Waals surface area contributed by atoms with Crippen LogP contribution in [0.2, 0.25) is 0 Å². The monoisotopic (exact) mass is 336 g/mol. The Balaban J connectivity index is 1.79. The van der Waals surface area contributed by atoms with Gasteiger partial charge in [0.15, 0.2) is 0 Å². The van der Waals surface area contributed by atoms with Gasteiger partial charge in [0.25, 0.3) is 0 Å². The third-order valence-electron chi connectivity index (χ3n) is 4.67. The Labute approximate surface area is 148 Å². The molecule has 0 radical (unpaired) electrons. The first-order valence-corrected chi connectivity index (χ1v) is 8.86. The van der Waals surface area contributed by atoms with Gasteiger partial charge < -0.3 is 10.2 Å². The summed E-state index contributed by atoms with van der Waals surface area (Å²) in [6.45, 7) is 3.35. The number of carbonyl (C=O) groups excluding carboxylic acids is 2. The van der Waals surface area contributed by atoms with Gasteiger partial charge in [0, 0.05) is 13.1 Å². The van der Waals surface area contributed by atoms with Crippen molar-refractivity contribution in [2.24, 2.45) is 0 Å². The molecule has 3 rings (SSSR count). The summed E-state index contributed by atoms with van der Waals surface area (Å²) >= 11 is 0. The molecule has 1 N–H and O–H groups in total. The average Bonchev–Trinajstić information content (AvgIpc) is 3.17. The van der Waals surface area contributed by atoms with Crippen LogP contribution in [0, 0.1) is 0 Å². The SMILES string of the molecule is C[C@H](NC(=O)C(c1ccccc1)c1ccccc1)C(=O)N1CCCC1. The Morgan fingerprint density at radius 1 is 0.880 bits per heavy atom. The predicted molar refractivity (Wildman–Crippen MR) is 98.1 cm³/mol. The molecule has 1 aliphatic heterocycles. The quantitative estimate of drug-likeness (QED) is 0.913. The Kier molecular flexibility index (Phi) is 5.49. The molecule has 1 fully saturated rings. The lowest BCUT2D eigenvalue weighted by molar-refractivity contribution is -0.135. The van der Waals surface area contributed by atoms with Crippen molar-refractivity contribution in [3.63, 3.8) is 0 Å². The van der Waals surface area contributed by atoms with Gasteiger partial charge in [-0.1, -0.05) is 60.7 Å². The summed E-state index contributed by atoms with van der Waals surface area (Å²) in [7, 11) is 0. The molecule has 0 spiro atoms. The van der Waals surface area contributed by atoms with Crippen LogP contribution in [0.5, 0.6) is 0 Å². The molecule has 1 heterocycles. The van der Waals surface area contributed by atoms with E-state index in [1.165, 1.54) is 0 Å². The lowest BCUT2D eigenvalue weighted by Gasteiger charge is -2.24. The van der Waals surface area contributed by atoms with Gasteiger partial charge in [0.1, 0.15) is 6.04 Å². The minimum absolute atomic E-state index is 0.00530. The van der Waals surface area contributed by atoms with Crippen LogP contribution in [0.25, 0.3) is 0 Å². The second kappa shape index (κ2) is 7.97. The van der Waals surface area contributed by atoms with Crippen LogP contribution in [-0.4, -0.2) is 35.8 Å². The van der Waals surface area contributed by atoms with Gasteiger partial charge in [0.05, 0.1) is 5.92 Å². The van der Waals surface area contributed by atoms with Crippen LogP contribution in [0.3, 0.4) is 0 Å². The van der Waals surface area contributed by atoms with E-state index < -0.39 is 12.0 Å². The summed E-state index contributed by atoms with van der Waals surface area (Å²) in [6, 6.07) is 18.9. The van der Waals surface area contributed by atoms with Crippen molar-refractivity contribution in [3.8, 4) is 0 Å². The Morgan fingerprint density at radius 2 is 1.36 bits per heavy atom. The molecule has 0 bridgehead atoms. The predicted octanol–water partition coefficient (Wildman–Crippen LogP) is 2.95. The number of likely N-dealkylation sites (tertiary alicyclic amines) is 1. The second-order valence-corrected chi connectivity index (χ2v) is 6.52. The van der Waals surface area contributed by atoms with Gasteiger partial charge >= 0.3 is 0 Å². The fourth-order valence-electron chi connectivity index (χ4n) is 3.36. The van der Waals surface area contributed by atoms with Crippen molar-refractivity contribution in [3.05, 3.63) is 71.8 Å². The third-order valence-corrected chi connectivity index (χ3v) is 4.67. The highest BCUT2D eigenvalue weighted by Gasteiger charge is 2.28. The van der Waals surface area contributed by atoms with E-state index in [4.69, 9.17) is 0 Å². The topological polar surface area (TPSA) is 49.4 Å². The van der Waals surface area contributed by atoms with E-state index in [1.807, 2.05) is 65.6 Å². The fourth-order valence-corrected chi connectivity index (χ4v) is 3.36. The molecule has 0 saturated carbocycles. The van der Waals surface area contributed by atoms with E-state index in [9.17, 15) is 9.59 Å². The summed E-state index contributed by atoms with van der Waals surface area (Å²) in [6.07, 6.45) is 2.09. The molecule has 2 aromatic rings. The van der Waals surface area contributed by atoms with Crippen LogP contribution >= 0.6 is 0 Å². The Hall–Kier alpha value is -2.62. The Morgan fingerprint density at radius 3 is 1.84 bits per heavy atom. The molecule has 1 saturated heterocycles. The molecule has 4 nitrogen and oxygen atoms in total. The number of benzene rings is 2. The molecule has 0 aromatic heterocycles. The van der Waals surface area contributed by atoms with Crippen molar-refractivity contribution in [2.75, 3.05) is 13.1 Å². The number of amides is 2. The van der Waals surface area contributed by atoms with Crippen molar-refractivity contribution in [1.82, 2.24) is 10.2 Å². The summed E-state index contributed by atoms with van der Waals surface area (Å²) in [5.74, 6) is -0.556. The number of rotatable bonds is 5. The second-order valence-electron chi connectivity index (χ2n) is 6.52. The molecule has 0 aliphatic carbocycles. The van der Waals surface area contributed by atoms with Gasteiger partial charge in [0.2, 0.25) is 11.8 Å². The van der Waals surface area contributed by atoms with Crippen LogP contribution in [0.1, 0.15) is 36.8 Å². The standard InChI is InChI=1S/C21H24N2O2/c1-16(21(25)23-14-8-9-15-23)22-20(24)19(17-10-4-2-5-11-17)18-12-6-3-7-13-18/h2-7,10-13,16,19H,8-9,14-15H2,1H3,(H,22,24)/t16-/m0/s1. The largest absolute Gasteiger partial charge is 0.344 e. The number of hydrogen-bond acceptors (Lipinski definition) is 2. The van der Waals surface area contributed by atoms with Crippen molar-refractivity contribution < 1.29 is 9.59 Å². The van der Waals surface area contributed by atoms with Gasteiger partial charge in [-0.05, 0) is 30.9 Å². The lowest BCUT2D eigenvalue weighted by atomic mass is 9.90. The summed E-state index contributed by atoms with van der Waals surface area (Å²) in [4.78, 5) is 27.3. The van der Waals surface area contributed by atoms with Crippen LogP contribution < -0.4 is 5.32 Å². The smallest absolute Gasteiger partial charge is 0.244 e. The fraction of sp³-hybridized carbons (Fsp3) is 0.333. The molecule has 130 valence electrons. The third kappa shape index (κ3) is 4.08. The normalized spacial score (nSPS) is 15.2. The van der Waals surface area contributed by atoms with E-state index >= 15 is 0 Å². The first kappa shape index (κ1) is 17.2. The number of nitrogens with one attached hydrogen (secondary N) is 1. The lowest BCUT2D eigenvalue weighted by Crippen LogP contribution is -2.47. The van der Waals surface area contributed by atoms with Crippen LogP contribution in [0.4, 0.5) is 0 Å². The zero-order chi connectivity index (χ0) is 17.6. The molecular weight excluding hydrogens is 312 g/mol. The highest BCUT2D eigenvalue weighted by molar-refractivity contribution is 5.92. The maximum absolute atomic E-state index is 13.0. The molecule has 1 atom stereocenters. The summed E-state index contributed by atoms with van der Waals surface area (Å²) in [5, 5.41) is 2.92. The molecule has 0 unspecified atom stereocenters. The number of carbonyl (C=O) groups is 2. The van der Waals surface area contributed by atoms with Crippen molar-refractivity contribution >= 4 is 11.8 Å². The molecule has 4 heteroatoms. The van der Waals surface area contributed by atoms with Gasteiger partial charge in [-0.2, -0.15) is 0 Å². The first-order chi connectivity index (χ1) is 12.2. The van der Waals surface area contributed by atoms with E-state index in [0.717, 1.165) is 37.1 Å². The summed E-state index contributed by atoms with van der Waals surface area (Å²) < 4.78 is 0. The number of nitrogens with zero attached hydrogens (tertiary/aromatic N) is 1. The van der Waals surface area contributed by atoms with Crippen molar-refractivity contribution in [1.29, 1.82) is 0 Å². The Bertz CT molecular complexity index is 670. The van der Waals surface area contributed by atoms with Gasteiger partial charge in [-0.15, -0.1) is 0 Å². The maximum atomic E-state index is 13.0. The molecule has 1 aliphatic rings. The minimum atomic E-state index is -0.513. The molecular formula is C21H24N2O2. The highest BCUT2D eigenvalue weighted by atomic mass is 16.2. The first-order valence-electron chi connectivity index (χ1n) is 8.86. The highest BCUT2D eigenvalue weighted by Crippen LogP contribution is 2.25. The van der Waals surface area contributed by atoms with Crippen LogP contribution in [0.15, 0.2) is 60.7 Å². The van der Waals surface area contributed by atoms with Crippen molar-refractivity contribution in [2.45, 2.75) is 31.7 Å². The molecule has 2 aromatic carbocycles. The zero-order valence-electron chi connectivity index (χ0n) is 14.5. The zero-order valence-corrected chi connectivity index (χ0v) is 14.5. The van der Waals surface area contributed by atoms with Gasteiger partial charge in [-0.25, -0.2) is 0 Å². The maximum Gasteiger partial charge on any atom is 0.244 e. The minimum Gasteiger partial charge on any atom is -0.344 e. The summed E-state index contributed by atoms with van der Waals surface area (Å²) in [5.41, 5.74) is 1.85. The van der Waals surface area contributed by atoms with E-state index in [2.05, 4.69) is 5.32 Å². The molecule has 25 heavy (non-hydrogen) atoms. The average molecular weight is 336 g/mol. The van der Waals surface area contributed by atoms with E-state index in [1.54, 1.807) is 6.92 Å². The number of hydrogen-bond donors (Lipinski definition) is 1.